The summed E-state index contributed by atoms with van der Waals surface area (Å²) in [6, 6.07) is 45.5. The highest BCUT2D eigenvalue weighted by molar-refractivity contribution is 8.16. The average molecular weight is 803 g/mol. The minimum absolute atomic E-state index is 0.00807. The van der Waals surface area contributed by atoms with Gasteiger partial charge in [-0.25, -0.2) is 0 Å². The predicted octanol–water partition coefficient (Wildman–Crippen LogP) is 13.4. The van der Waals surface area contributed by atoms with Crippen LogP contribution in [-0.2, 0) is 5.41 Å². The van der Waals surface area contributed by atoms with Gasteiger partial charge in [0.2, 0.25) is 0 Å². The standard InChI is InChI=1S/C53H46N4S2/c1-49(2)51(5,6)58-47(56-49)44-25-20-34(29-54-44)31-17-22-36-33(27-31)19-24-40-39-23-18-32(35-21-26-45(55-30-35)48-57-50(3,4)52(7,8)59-48)28-43(39)53(46(36)40)41-15-11-9-13-37(41)38-14-10-12-16-42(38)53/h9-30H,1-8H3. The maximum Gasteiger partial charge on any atom is 0.117 e. The minimum atomic E-state index is -0.487. The average Bonchev–Trinajstić information content (AvgIpc) is 3.85. The lowest BCUT2D eigenvalue weighted by atomic mass is 9.69. The van der Waals surface area contributed by atoms with Gasteiger partial charge in [-0.05, 0) is 146 Å². The summed E-state index contributed by atoms with van der Waals surface area (Å²) < 4.78 is 0.0247. The molecule has 2 aliphatic carbocycles. The Labute approximate surface area is 355 Å². The van der Waals surface area contributed by atoms with Gasteiger partial charge in [-0.3, -0.25) is 20.0 Å². The van der Waals surface area contributed by atoms with Crippen molar-refractivity contribution in [2.75, 3.05) is 0 Å². The maximum atomic E-state index is 5.09. The molecule has 0 saturated heterocycles. The predicted molar refractivity (Wildman–Crippen MR) is 251 cm³/mol. The van der Waals surface area contributed by atoms with Gasteiger partial charge in [-0.15, -0.1) is 0 Å². The highest BCUT2D eigenvalue weighted by Crippen LogP contribution is 2.64. The maximum absolute atomic E-state index is 5.09. The van der Waals surface area contributed by atoms with E-state index in [1.165, 1.54) is 55.3 Å². The van der Waals surface area contributed by atoms with Crippen LogP contribution in [0.15, 0.2) is 144 Å². The van der Waals surface area contributed by atoms with Gasteiger partial charge in [-0.1, -0.05) is 121 Å². The minimum Gasteiger partial charge on any atom is -0.269 e. The molecule has 59 heavy (non-hydrogen) atoms. The van der Waals surface area contributed by atoms with Crippen molar-refractivity contribution in [3.05, 3.63) is 167 Å². The number of pyridine rings is 2. The van der Waals surface area contributed by atoms with Crippen LogP contribution in [-0.4, -0.2) is 40.6 Å². The molecule has 0 bridgehead atoms. The SMILES string of the molecule is CC1(C)N=C(c2ccc(-c3ccc4c(c3)C3(c5ccccc5-c5ccccc53)c3c-4ccc4cc(-c5ccc(C6=NC(C)(C)C(C)(C)S6)nc5)ccc34)cn2)SC1(C)C. The number of hydrogen-bond acceptors (Lipinski definition) is 6. The van der Waals surface area contributed by atoms with Crippen LogP contribution in [0, 0.1) is 0 Å². The van der Waals surface area contributed by atoms with Crippen LogP contribution in [0.2, 0.25) is 0 Å². The molecule has 7 aromatic rings. The van der Waals surface area contributed by atoms with Crippen LogP contribution in [0.1, 0.15) is 89.0 Å². The molecule has 6 heteroatoms. The molecule has 0 amide bonds. The summed E-state index contributed by atoms with van der Waals surface area (Å²) >= 11 is 3.64. The first kappa shape index (κ1) is 36.8. The summed E-state index contributed by atoms with van der Waals surface area (Å²) in [5.74, 6) is 0. The zero-order valence-corrected chi connectivity index (χ0v) is 36.4. The van der Waals surface area contributed by atoms with Crippen molar-refractivity contribution in [1.29, 1.82) is 0 Å². The third kappa shape index (κ3) is 5.18. The Morgan fingerprint density at radius 3 is 1.41 bits per heavy atom. The molecule has 2 aromatic heterocycles. The van der Waals surface area contributed by atoms with Gasteiger partial charge >= 0.3 is 0 Å². The van der Waals surface area contributed by atoms with Gasteiger partial charge in [0, 0.05) is 33.0 Å². The molecule has 0 N–H and O–H groups in total. The molecule has 0 fully saturated rings. The van der Waals surface area contributed by atoms with Crippen molar-refractivity contribution in [3.63, 3.8) is 0 Å². The van der Waals surface area contributed by atoms with E-state index in [1.807, 2.05) is 35.9 Å². The summed E-state index contributed by atoms with van der Waals surface area (Å²) in [6.45, 7) is 17.9. The molecule has 0 unspecified atom stereocenters. The fourth-order valence-electron chi connectivity index (χ4n) is 9.49. The topological polar surface area (TPSA) is 50.5 Å². The van der Waals surface area contributed by atoms with E-state index >= 15 is 0 Å². The van der Waals surface area contributed by atoms with Gasteiger partial charge in [0.15, 0.2) is 0 Å². The van der Waals surface area contributed by atoms with Crippen LogP contribution >= 0.6 is 23.5 Å². The molecule has 4 nitrogen and oxygen atoms in total. The zero-order valence-electron chi connectivity index (χ0n) is 34.8. The first-order valence-corrected chi connectivity index (χ1v) is 22.2. The van der Waals surface area contributed by atoms with E-state index in [1.54, 1.807) is 0 Å². The summed E-state index contributed by atoms with van der Waals surface area (Å²) in [7, 11) is 0. The quantitative estimate of drug-likeness (QED) is 0.178. The first-order valence-electron chi connectivity index (χ1n) is 20.6. The van der Waals surface area contributed by atoms with Gasteiger partial charge in [-0.2, -0.15) is 0 Å². The lowest BCUT2D eigenvalue weighted by molar-refractivity contribution is 0.426. The molecule has 4 aliphatic rings. The fraction of sp³-hybridized carbons (Fsp3) is 0.245. The number of thioether (sulfide) groups is 2. The molecule has 0 atom stereocenters. The third-order valence-corrected chi connectivity index (χ3v) is 17.1. The van der Waals surface area contributed by atoms with Crippen LogP contribution in [0.3, 0.4) is 0 Å². The van der Waals surface area contributed by atoms with E-state index in [0.29, 0.717) is 0 Å². The largest absolute Gasteiger partial charge is 0.269 e. The Hall–Kier alpha value is -5.30. The first-order chi connectivity index (χ1) is 28.2. The van der Waals surface area contributed by atoms with E-state index in [-0.39, 0.29) is 20.6 Å². The van der Waals surface area contributed by atoms with Crippen molar-refractivity contribution >= 4 is 44.4 Å². The van der Waals surface area contributed by atoms with E-state index in [9.17, 15) is 0 Å². The van der Waals surface area contributed by atoms with Crippen molar-refractivity contribution in [1.82, 2.24) is 9.97 Å². The summed E-state index contributed by atoms with van der Waals surface area (Å²) in [6.07, 6.45) is 4.04. The van der Waals surface area contributed by atoms with Crippen molar-refractivity contribution in [2.24, 2.45) is 9.98 Å². The molecule has 0 saturated carbocycles. The third-order valence-electron chi connectivity index (χ3n) is 14.1. The molecule has 0 radical (unpaired) electrons. The van der Waals surface area contributed by atoms with Crippen LogP contribution in [0.4, 0.5) is 0 Å². The highest BCUT2D eigenvalue weighted by Gasteiger charge is 2.52. The Bertz CT molecular complexity index is 2940. The molecule has 4 heterocycles. The molecule has 290 valence electrons. The Balaban J connectivity index is 1.04. The van der Waals surface area contributed by atoms with Gasteiger partial charge in [0.05, 0.1) is 27.9 Å². The number of benzene rings is 5. The second kappa shape index (κ2) is 12.4. The van der Waals surface area contributed by atoms with E-state index in [2.05, 4.69) is 177 Å². The highest BCUT2D eigenvalue weighted by atomic mass is 32.2. The van der Waals surface area contributed by atoms with E-state index < -0.39 is 5.41 Å². The van der Waals surface area contributed by atoms with Gasteiger partial charge in [0.1, 0.15) is 10.1 Å². The van der Waals surface area contributed by atoms with Crippen molar-refractivity contribution < 1.29 is 0 Å². The Kier molecular flexibility index (Phi) is 7.71. The molecule has 2 aliphatic heterocycles. The van der Waals surface area contributed by atoms with E-state index in [0.717, 1.165) is 43.7 Å². The Morgan fingerprint density at radius 1 is 0.424 bits per heavy atom. The summed E-state index contributed by atoms with van der Waals surface area (Å²) in [5.41, 5.74) is 16.1. The lowest BCUT2D eigenvalue weighted by Crippen LogP contribution is -2.36. The van der Waals surface area contributed by atoms with Gasteiger partial charge < -0.3 is 0 Å². The molecule has 1 spiro atoms. The van der Waals surface area contributed by atoms with E-state index in [4.69, 9.17) is 20.0 Å². The molecule has 5 aromatic carbocycles. The van der Waals surface area contributed by atoms with Gasteiger partial charge in [0.25, 0.3) is 0 Å². The summed E-state index contributed by atoms with van der Waals surface area (Å²) in [4.78, 5) is 20.1. The number of aliphatic imine (C=N–C) groups is 2. The van der Waals surface area contributed by atoms with Crippen molar-refractivity contribution in [3.8, 4) is 44.5 Å². The number of fused-ring (bicyclic) bond motifs is 12. The smallest absolute Gasteiger partial charge is 0.117 e. The molecule has 11 rings (SSSR count). The lowest BCUT2D eigenvalue weighted by Gasteiger charge is -2.31. The monoisotopic (exact) mass is 802 g/mol. The normalized spacial score (nSPS) is 19.3. The summed E-state index contributed by atoms with van der Waals surface area (Å²) in [5, 5.41) is 4.53. The number of hydrogen-bond donors (Lipinski definition) is 0. The van der Waals surface area contributed by atoms with Crippen LogP contribution in [0.5, 0.6) is 0 Å². The second-order valence-corrected chi connectivity index (χ2v) is 21.8. The number of rotatable bonds is 4. The van der Waals surface area contributed by atoms with Crippen LogP contribution < -0.4 is 0 Å². The number of aromatic nitrogens is 2. The zero-order chi connectivity index (χ0) is 40.7. The van der Waals surface area contributed by atoms with Crippen LogP contribution in [0.25, 0.3) is 55.3 Å². The Morgan fingerprint density at radius 2 is 0.898 bits per heavy atom. The molecular weight excluding hydrogens is 757 g/mol. The number of nitrogens with zero attached hydrogens (tertiary/aromatic N) is 4. The second-order valence-electron chi connectivity index (χ2n) is 18.6. The van der Waals surface area contributed by atoms with Crippen molar-refractivity contribution in [2.45, 2.75) is 81.4 Å². The molecular formula is C53H46N4S2. The fourth-order valence-corrected chi connectivity index (χ4v) is 12.0.